The lowest BCUT2D eigenvalue weighted by Gasteiger charge is -2.24. The molecular weight excluding hydrogens is 884 g/mol. The lowest BCUT2D eigenvalue weighted by Crippen LogP contribution is -2.43. The van der Waals surface area contributed by atoms with E-state index in [-0.39, 0.29) is 60.9 Å². The number of phosphoric acid groups is 2. The number of phosphoric ester groups is 2. The Morgan fingerprint density at radius 3 is 2.57 bits per heavy atom. The number of azide groups is 1. The Morgan fingerprint density at radius 2 is 1.83 bits per heavy atom. The van der Waals surface area contributed by atoms with E-state index in [0.717, 1.165) is 10.9 Å². The standard InChI is InChI=1S/C32H41N13O16P2/c33-17(5-3-8-37-32(49)55-11-16-4-1-2-6-18(16)42-43-36)30(47)60-26-21(59-29(25(26)46)45-15-40-24-27(35)38-14-39-28(24)45)13-57-63(53,54)61-19-10-23(44-9-7-22(34)41-31(44)48)58-20(19)12-56-62(50,51)52/h1-2,4,6-7,9,14-15,17,19-21,23,25-26,29,46H,3,5,8,10-13,33H2,(H,37,49)(H,53,54)(H2,34,41,48)(H2,35,38,39)(H2,50,51,52)/t17-,19-,20+,21+,23+,25+,26+,29+/m0/s1. The molecule has 1 unspecified atom stereocenters. The topological polar surface area (TPSA) is 431 Å². The average Bonchev–Trinajstić information content (AvgIpc) is 3.92. The molecule has 4 aromatic rings. The van der Waals surface area contributed by atoms with Gasteiger partial charge < -0.3 is 61.3 Å². The molecule has 1 aromatic carbocycles. The molecule has 5 heterocycles. The second-order valence-electron chi connectivity index (χ2n) is 13.7. The van der Waals surface area contributed by atoms with Gasteiger partial charge in [-0.2, -0.15) is 4.98 Å². The molecule has 6 rings (SSSR count). The SMILES string of the molecule is [N-]=[N+]=Nc1ccccc1COC(=O)NCCC[C@H](N)C(=O)O[C@H]1[C@@H](O)[C@H](n2cnc3c(N)ncnc32)O[C@@H]1COP(=O)(O)O[C@H]1C[C@H](n2ccc(N)nc2=O)O[C@@H]1COP(=O)(O)O. The van der Waals surface area contributed by atoms with Gasteiger partial charge in [0.15, 0.2) is 23.8 Å². The molecule has 11 N–H and O–H groups in total. The van der Waals surface area contributed by atoms with Crippen molar-refractivity contribution in [1.82, 2.24) is 34.4 Å². The first kappa shape index (κ1) is 46.9. The van der Waals surface area contributed by atoms with E-state index in [1.54, 1.807) is 24.3 Å². The molecule has 2 saturated heterocycles. The van der Waals surface area contributed by atoms with Crippen molar-refractivity contribution in [2.45, 2.75) is 74.9 Å². The highest BCUT2D eigenvalue weighted by atomic mass is 31.2. The van der Waals surface area contributed by atoms with Crippen LogP contribution in [0.3, 0.4) is 0 Å². The molecule has 0 spiro atoms. The summed E-state index contributed by atoms with van der Waals surface area (Å²) in [7, 11) is -10.3. The number of aliphatic hydroxyl groups excluding tert-OH is 1. The van der Waals surface area contributed by atoms with E-state index in [1.165, 1.54) is 23.2 Å². The smallest absolute Gasteiger partial charge is 0.455 e. The molecule has 1 amide bonds. The zero-order valence-corrected chi connectivity index (χ0v) is 34.3. The Balaban J connectivity index is 1.10. The van der Waals surface area contributed by atoms with Gasteiger partial charge in [-0.05, 0) is 30.0 Å². The highest BCUT2D eigenvalue weighted by Crippen LogP contribution is 2.50. The number of nitrogens with zero attached hydrogens (tertiary/aromatic N) is 9. The molecule has 29 nitrogen and oxygen atoms in total. The maximum atomic E-state index is 13.4. The monoisotopic (exact) mass is 925 g/mol. The minimum Gasteiger partial charge on any atom is -0.455 e. The highest BCUT2D eigenvalue weighted by Gasteiger charge is 2.50. The number of esters is 1. The first-order chi connectivity index (χ1) is 29.9. The van der Waals surface area contributed by atoms with Crippen LogP contribution < -0.4 is 28.2 Å². The van der Waals surface area contributed by atoms with Crippen molar-refractivity contribution in [3.8, 4) is 0 Å². The molecule has 31 heteroatoms. The molecule has 0 radical (unpaired) electrons. The van der Waals surface area contributed by atoms with Crippen LogP contribution in [0.15, 0.2) is 59.1 Å². The fourth-order valence-electron chi connectivity index (χ4n) is 6.43. The number of nitrogen functional groups attached to an aromatic ring is 2. The largest absolute Gasteiger partial charge is 0.472 e. The Kier molecular flexibility index (Phi) is 15.1. The summed E-state index contributed by atoms with van der Waals surface area (Å²) in [5, 5.41) is 17.5. The van der Waals surface area contributed by atoms with E-state index in [4.69, 9.17) is 50.7 Å². The normalized spacial score (nSPS) is 23.7. The van der Waals surface area contributed by atoms with E-state index < -0.39 is 95.6 Å². The predicted molar refractivity (Wildman–Crippen MR) is 210 cm³/mol. The van der Waals surface area contributed by atoms with E-state index in [9.17, 15) is 43.3 Å². The summed E-state index contributed by atoms with van der Waals surface area (Å²) in [5.74, 6) is -1.15. The number of fused-ring (bicyclic) bond motifs is 1. The molecule has 9 atom stereocenters. The van der Waals surface area contributed by atoms with Gasteiger partial charge in [0.05, 0.1) is 19.5 Å². The molecule has 2 aliphatic heterocycles. The molecule has 63 heavy (non-hydrogen) atoms. The number of alkyl carbamates (subject to hydrolysis) is 1. The molecule has 340 valence electrons. The van der Waals surface area contributed by atoms with Crippen molar-refractivity contribution in [2.75, 3.05) is 31.2 Å². The lowest BCUT2D eigenvalue weighted by atomic mass is 10.1. The number of nitrogens with two attached hydrogens (primary N) is 3. The van der Waals surface area contributed by atoms with Gasteiger partial charge in [-0.25, -0.2) is 33.7 Å². The molecule has 0 bridgehead atoms. The number of hydrogen-bond acceptors (Lipinski definition) is 21. The van der Waals surface area contributed by atoms with E-state index >= 15 is 0 Å². The molecule has 3 aromatic heterocycles. The molecule has 0 saturated carbocycles. The van der Waals surface area contributed by atoms with Gasteiger partial charge in [-0.3, -0.25) is 27.5 Å². The van der Waals surface area contributed by atoms with Crippen molar-refractivity contribution in [3.05, 3.63) is 75.7 Å². The van der Waals surface area contributed by atoms with Gasteiger partial charge in [-0.1, -0.05) is 29.4 Å². The third kappa shape index (κ3) is 12.1. The first-order valence-electron chi connectivity index (χ1n) is 18.5. The molecule has 2 aliphatic rings. The van der Waals surface area contributed by atoms with Gasteiger partial charge in [-0.15, -0.1) is 0 Å². The van der Waals surface area contributed by atoms with Crippen LogP contribution in [-0.2, 0) is 53.1 Å². The third-order valence-corrected chi connectivity index (χ3v) is 10.9. The zero-order valence-electron chi connectivity index (χ0n) is 32.5. The fraction of sp³-hybridized carbons (Fsp3) is 0.469. The van der Waals surface area contributed by atoms with Crippen molar-refractivity contribution in [2.24, 2.45) is 10.8 Å². The Hall–Kier alpha value is -5.64. The summed E-state index contributed by atoms with van der Waals surface area (Å²) in [5.41, 5.74) is 26.4. The average molecular weight is 926 g/mol. The number of ether oxygens (including phenoxy) is 4. The fourth-order valence-corrected chi connectivity index (χ4v) is 7.73. The van der Waals surface area contributed by atoms with Gasteiger partial charge >= 0.3 is 33.4 Å². The number of rotatable bonds is 19. The summed E-state index contributed by atoms with van der Waals surface area (Å²) in [4.78, 5) is 85.9. The summed E-state index contributed by atoms with van der Waals surface area (Å²) < 4.78 is 64.7. The van der Waals surface area contributed by atoms with Crippen LogP contribution in [-0.4, -0.2) is 117 Å². The van der Waals surface area contributed by atoms with Gasteiger partial charge in [0, 0.05) is 29.8 Å². The highest BCUT2D eigenvalue weighted by molar-refractivity contribution is 7.47. The molecule has 0 aliphatic carbocycles. The number of hydrogen-bond donors (Lipinski definition) is 8. The maximum Gasteiger partial charge on any atom is 0.472 e. The number of imidazole rings is 1. The second kappa shape index (κ2) is 20.2. The Bertz CT molecular complexity index is 2480. The number of carbonyl (C=O) groups is 2. The van der Waals surface area contributed by atoms with Crippen LogP contribution in [0, 0.1) is 0 Å². The summed E-state index contributed by atoms with van der Waals surface area (Å²) in [6.45, 7) is -1.92. The van der Waals surface area contributed by atoms with Crippen LogP contribution in [0.25, 0.3) is 21.6 Å². The number of benzene rings is 1. The van der Waals surface area contributed by atoms with Crippen molar-refractivity contribution < 1.29 is 71.0 Å². The summed E-state index contributed by atoms with van der Waals surface area (Å²) in [6.07, 6.45) is -7.90. The maximum absolute atomic E-state index is 13.4. The van der Waals surface area contributed by atoms with Gasteiger partial charge in [0.1, 0.15) is 61.0 Å². The summed E-state index contributed by atoms with van der Waals surface area (Å²) in [6, 6.07) is 6.45. The van der Waals surface area contributed by atoms with Crippen LogP contribution in [0.1, 0.15) is 37.3 Å². The number of aliphatic hydroxyl groups is 1. The minimum atomic E-state index is -5.21. The van der Waals surface area contributed by atoms with Crippen LogP contribution in [0.5, 0.6) is 0 Å². The van der Waals surface area contributed by atoms with Crippen molar-refractivity contribution in [1.29, 1.82) is 0 Å². The van der Waals surface area contributed by atoms with Crippen molar-refractivity contribution in [3.63, 3.8) is 0 Å². The third-order valence-electron chi connectivity index (χ3n) is 9.41. The van der Waals surface area contributed by atoms with E-state index in [0.29, 0.717) is 5.56 Å². The predicted octanol–water partition coefficient (Wildman–Crippen LogP) is 0.292. The summed E-state index contributed by atoms with van der Waals surface area (Å²) >= 11 is 0. The number of aromatic nitrogens is 6. The number of nitrogens with one attached hydrogen (secondary N) is 1. The number of carbonyl (C=O) groups excluding carboxylic acids is 2. The zero-order chi connectivity index (χ0) is 45.5. The van der Waals surface area contributed by atoms with Crippen LogP contribution >= 0.6 is 15.6 Å². The van der Waals surface area contributed by atoms with E-state index in [1.807, 2.05) is 0 Å². The Labute approximate surface area is 353 Å². The molecule has 2 fully saturated rings. The number of amides is 1. The Morgan fingerprint density at radius 1 is 1.06 bits per heavy atom. The van der Waals surface area contributed by atoms with Crippen molar-refractivity contribution >= 4 is 56.2 Å². The second-order valence-corrected chi connectivity index (χ2v) is 16.4. The molecular formula is C32H41N13O16P2. The lowest BCUT2D eigenvalue weighted by molar-refractivity contribution is -0.158. The number of anilines is 2. The van der Waals surface area contributed by atoms with Crippen LogP contribution in [0.2, 0.25) is 0 Å². The minimum absolute atomic E-state index is 0.00277. The quantitative estimate of drug-likeness (QED) is 0.0156. The first-order valence-corrected chi connectivity index (χ1v) is 21.6. The van der Waals surface area contributed by atoms with Crippen LogP contribution in [0.4, 0.5) is 22.1 Å². The van der Waals surface area contributed by atoms with Gasteiger partial charge in [0.25, 0.3) is 0 Å². The van der Waals surface area contributed by atoms with E-state index in [2.05, 4.69) is 39.8 Å². The van der Waals surface area contributed by atoms with Gasteiger partial charge in [0.2, 0.25) is 0 Å².